The Bertz CT molecular complexity index is 647. The first kappa shape index (κ1) is 16.0. The SMILES string of the molecule is NC(=NCCNS(=O)(=O)c1ccc(F)cc1Cl)N1CCC1. The van der Waals surface area contributed by atoms with E-state index in [1.54, 1.807) is 0 Å². The van der Waals surface area contributed by atoms with Gasteiger partial charge in [0, 0.05) is 19.6 Å². The van der Waals surface area contributed by atoms with Crippen molar-refractivity contribution in [2.45, 2.75) is 11.3 Å². The topological polar surface area (TPSA) is 87.8 Å². The van der Waals surface area contributed by atoms with Crippen LogP contribution in [0.4, 0.5) is 4.39 Å². The fourth-order valence-corrected chi connectivity index (χ4v) is 3.32. The number of likely N-dealkylation sites (tertiary alicyclic amines) is 1. The minimum Gasteiger partial charge on any atom is -0.370 e. The maximum absolute atomic E-state index is 12.9. The summed E-state index contributed by atoms with van der Waals surface area (Å²) >= 11 is 5.73. The van der Waals surface area contributed by atoms with Gasteiger partial charge < -0.3 is 10.6 Å². The molecular formula is C12H16ClFN4O2S. The van der Waals surface area contributed by atoms with E-state index in [-0.39, 0.29) is 23.0 Å². The Balaban J connectivity index is 1.92. The third-order valence-electron chi connectivity index (χ3n) is 3.04. The number of rotatable bonds is 5. The molecule has 6 nitrogen and oxygen atoms in total. The van der Waals surface area contributed by atoms with Gasteiger partial charge in [0.15, 0.2) is 5.96 Å². The molecule has 0 bridgehead atoms. The van der Waals surface area contributed by atoms with E-state index >= 15 is 0 Å². The number of nitrogens with two attached hydrogens (primary N) is 1. The zero-order chi connectivity index (χ0) is 15.5. The highest BCUT2D eigenvalue weighted by Gasteiger charge is 2.18. The second kappa shape index (κ2) is 6.59. The van der Waals surface area contributed by atoms with Crippen molar-refractivity contribution in [1.82, 2.24) is 9.62 Å². The molecule has 1 saturated heterocycles. The molecule has 1 aliphatic heterocycles. The number of nitrogens with zero attached hydrogens (tertiary/aromatic N) is 2. The number of benzene rings is 1. The lowest BCUT2D eigenvalue weighted by Crippen LogP contribution is -2.46. The molecule has 0 radical (unpaired) electrons. The van der Waals surface area contributed by atoms with Gasteiger partial charge in [0.25, 0.3) is 0 Å². The Morgan fingerprint density at radius 2 is 2.19 bits per heavy atom. The predicted molar refractivity (Wildman–Crippen MR) is 79.3 cm³/mol. The molecule has 2 rings (SSSR count). The summed E-state index contributed by atoms with van der Waals surface area (Å²) in [7, 11) is -3.79. The Morgan fingerprint density at radius 1 is 1.48 bits per heavy atom. The van der Waals surface area contributed by atoms with Crippen LogP contribution in [0.3, 0.4) is 0 Å². The largest absolute Gasteiger partial charge is 0.370 e. The number of halogens is 2. The zero-order valence-electron chi connectivity index (χ0n) is 11.2. The Kier molecular flexibility index (Phi) is 5.02. The van der Waals surface area contributed by atoms with Crippen molar-refractivity contribution < 1.29 is 12.8 Å². The molecule has 3 N–H and O–H groups in total. The van der Waals surface area contributed by atoms with E-state index in [1.165, 1.54) is 0 Å². The second-order valence-corrected chi connectivity index (χ2v) is 6.70. The van der Waals surface area contributed by atoms with Crippen LogP contribution in [-0.4, -0.2) is 45.5 Å². The van der Waals surface area contributed by atoms with Gasteiger partial charge in [0.1, 0.15) is 10.7 Å². The maximum atomic E-state index is 12.9. The standard InChI is InChI=1S/C12H16ClFN4O2S/c13-10-8-9(14)2-3-11(10)21(19,20)17-5-4-16-12(15)18-6-1-7-18/h2-3,8,17H,1,4-7H2,(H2,15,16). The molecule has 21 heavy (non-hydrogen) atoms. The molecule has 0 amide bonds. The number of hydrogen-bond donors (Lipinski definition) is 2. The van der Waals surface area contributed by atoms with E-state index in [4.69, 9.17) is 17.3 Å². The summed E-state index contributed by atoms with van der Waals surface area (Å²) in [6.45, 7) is 2.07. The minimum atomic E-state index is -3.79. The minimum absolute atomic E-state index is 0.0879. The molecule has 0 unspecified atom stereocenters. The molecule has 0 aliphatic carbocycles. The fraction of sp³-hybridized carbons (Fsp3) is 0.417. The summed E-state index contributed by atoms with van der Waals surface area (Å²) in [6, 6.07) is 3.12. The molecule has 116 valence electrons. The molecule has 0 aromatic heterocycles. The van der Waals surface area contributed by atoms with Gasteiger partial charge in [0.05, 0.1) is 11.6 Å². The van der Waals surface area contributed by atoms with E-state index in [2.05, 4.69) is 9.71 Å². The summed E-state index contributed by atoms with van der Waals surface area (Å²) < 4.78 is 39.3. The van der Waals surface area contributed by atoms with Crippen LogP contribution in [0, 0.1) is 5.82 Å². The Labute approximate surface area is 127 Å². The lowest BCUT2D eigenvalue weighted by atomic mass is 10.2. The molecule has 1 heterocycles. The van der Waals surface area contributed by atoms with Crippen LogP contribution in [0.2, 0.25) is 5.02 Å². The summed E-state index contributed by atoms with van der Waals surface area (Å²) in [4.78, 5) is 5.83. The first-order valence-corrected chi connectivity index (χ1v) is 8.26. The second-order valence-electron chi connectivity index (χ2n) is 4.55. The molecule has 1 aliphatic rings. The Hall–Kier alpha value is -1.38. The molecule has 0 atom stereocenters. The van der Waals surface area contributed by atoms with E-state index < -0.39 is 15.8 Å². The highest BCUT2D eigenvalue weighted by atomic mass is 35.5. The Morgan fingerprint density at radius 3 is 2.76 bits per heavy atom. The fourth-order valence-electron chi connectivity index (χ4n) is 1.77. The molecular weight excluding hydrogens is 319 g/mol. The third-order valence-corrected chi connectivity index (χ3v) is 4.99. The quantitative estimate of drug-likeness (QED) is 0.473. The van der Waals surface area contributed by atoms with Crippen molar-refractivity contribution in [1.29, 1.82) is 0 Å². The van der Waals surface area contributed by atoms with Gasteiger partial charge in [-0.3, -0.25) is 4.99 Å². The molecule has 0 saturated carbocycles. The highest BCUT2D eigenvalue weighted by molar-refractivity contribution is 7.89. The number of hydrogen-bond acceptors (Lipinski definition) is 3. The molecule has 1 aromatic carbocycles. The van der Waals surface area contributed by atoms with Crippen LogP contribution in [0.5, 0.6) is 0 Å². The summed E-state index contributed by atoms with van der Waals surface area (Å²) in [5.41, 5.74) is 5.72. The van der Waals surface area contributed by atoms with Crippen molar-refractivity contribution >= 4 is 27.6 Å². The first-order chi connectivity index (χ1) is 9.90. The van der Waals surface area contributed by atoms with E-state index in [9.17, 15) is 12.8 Å². The van der Waals surface area contributed by atoms with Crippen LogP contribution in [-0.2, 0) is 10.0 Å². The number of guanidine groups is 1. The maximum Gasteiger partial charge on any atom is 0.242 e. The first-order valence-electron chi connectivity index (χ1n) is 6.40. The van der Waals surface area contributed by atoms with Crippen molar-refractivity contribution in [3.8, 4) is 0 Å². The molecule has 0 spiro atoms. The number of sulfonamides is 1. The van der Waals surface area contributed by atoms with E-state index in [1.807, 2.05) is 4.90 Å². The molecule has 9 heteroatoms. The highest BCUT2D eigenvalue weighted by Crippen LogP contribution is 2.21. The summed E-state index contributed by atoms with van der Waals surface area (Å²) in [5.74, 6) is -0.175. The average Bonchev–Trinajstić information content (AvgIpc) is 2.32. The van der Waals surface area contributed by atoms with Crippen molar-refractivity contribution in [2.75, 3.05) is 26.2 Å². The van der Waals surface area contributed by atoms with Crippen molar-refractivity contribution in [3.63, 3.8) is 0 Å². The molecule has 1 fully saturated rings. The lowest BCUT2D eigenvalue weighted by molar-refractivity contribution is 0.296. The summed E-state index contributed by atoms with van der Waals surface area (Å²) in [6.07, 6.45) is 1.09. The van der Waals surface area contributed by atoms with Crippen molar-refractivity contribution in [3.05, 3.63) is 29.0 Å². The molecule has 1 aromatic rings. The van der Waals surface area contributed by atoms with E-state index in [0.717, 1.165) is 37.7 Å². The van der Waals surface area contributed by atoms with Gasteiger partial charge in [0.2, 0.25) is 10.0 Å². The average molecular weight is 335 g/mol. The van der Waals surface area contributed by atoms with Crippen LogP contribution in [0.1, 0.15) is 6.42 Å². The van der Waals surface area contributed by atoms with Crippen molar-refractivity contribution in [2.24, 2.45) is 10.7 Å². The van der Waals surface area contributed by atoms with Crippen LogP contribution in [0.25, 0.3) is 0 Å². The lowest BCUT2D eigenvalue weighted by Gasteiger charge is -2.31. The van der Waals surface area contributed by atoms with Gasteiger partial charge >= 0.3 is 0 Å². The monoisotopic (exact) mass is 334 g/mol. The van der Waals surface area contributed by atoms with Crippen LogP contribution < -0.4 is 10.5 Å². The van der Waals surface area contributed by atoms with Gasteiger partial charge in [-0.25, -0.2) is 17.5 Å². The van der Waals surface area contributed by atoms with Crippen LogP contribution in [0.15, 0.2) is 28.1 Å². The van der Waals surface area contributed by atoms with Gasteiger partial charge in [-0.1, -0.05) is 11.6 Å². The zero-order valence-corrected chi connectivity index (χ0v) is 12.8. The third kappa shape index (κ3) is 4.05. The summed E-state index contributed by atoms with van der Waals surface area (Å²) in [5, 5.41) is -0.161. The number of aliphatic imine (C=N–C) groups is 1. The smallest absolute Gasteiger partial charge is 0.242 e. The van der Waals surface area contributed by atoms with Crippen LogP contribution >= 0.6 is 11.6 Å². The van der Waals surface area contributed by atoms with Gasteiger partial charge in [-0.15, -0.1) is 0 Å². The van der Waals surface area contributed by atoms with E-state index in [0.29, 0.717) is 5.96 Å². The predicted octanol–water partition coefficient (Wildman–Crippen LogP) is 0.778. The number of nitrogens with one attached hydrogen (secondary N) is 1. The van der Waals surface area contributed by atoms with Gasteiger partial charge in [-0.2, -0.15) is 0 Å². The van der Waals surface area contributed by atoms with Gasteiger partial charge in [-0.05, 0) is 24.6 Å². The normalized spacial score (nSPS) is 15.9.